The fourth-order valence-corrected chi connectivity index (χ4v) is 2.97. The number of rotatable bonds is 5. The van der Waals surface area contributed by atoms with E-state index in [1.807, 2.05) is 12.1 Å². The first-order valence-electron chi connectivity index (χ1n) is 5.77. The molecule has 1 rings (SSSR count). The highest BCUT2D eigenvalue weighted by atomic mass is 79.9. The molecule has 0 saturated heterocycles. The van der Waals surface area contributed by atoms with Gasteiger partial charge in [0, 0.05) is 32.5 Å². The number of nitrogens with one attached hydrogen (secondary N) is 1. The SMILES string of the molecule is CNc1ccc(Br)cc1/C(C=O)=C(/SC(C)=S)C(C)=O. The van der Waals surface area contributed by atoms with Crippen LogP contribution in [0.2, 0.25) is 0 Å². The number of Topliss-reactive ketones (excluding diaryl/α,β-unsaturated/α-hetero) is 1. The van der Waals surface area contributed by atoms with Crippen LogP contribution < -0.4 is 5.32 Å². The van der Waals surface area contributed by atoms with Crippen LogP contribution in [0, 0.1) is 0 Å². The lowest BCUT2D eigenvalue weighted by molar-refractivity contribution is -0.113. The number of carbonyl (C=O) groups excluding carboxylic acids is 2. The summed E-state index contributed by atoms with van der Waals surface area (Å²) in [4.78, 5) is 23.7. The Labute approximate surface area is 136 Å². The molecule has 0 atom stereocenters. The van der Waals surface area contributed by atoms with Crippen molar-refractivity contribution in [1.82, 2.24) is 0 Å². The van der Waals surface area contributed by atoms with Crippen LogP contribution in [0.15, 0.2) is 27.6 Å². The van der Waals surface area contributed by atoms with E-state index in [0.29, 0.717) is 26.5 Å². The molecule has 0 unspecified atom stereocenters. The van der Waals surface area contributed by atoms with Crippen LogP contribution in [-0.4, -0.2) is 23.3 Å². The Hall–Kier alpha value is -0.980. The fourth-order valence-electron chi connectivity index (χ4n) is 1.66. The lowest BCUT2D eigenvalue weighted by Crippen LogP contribution is -2.03. The van der Waals surface area contributed by atoms with Gasteiger partial charge in [-0.3, -0.25) is 9.59 Å². The summed E-state index contributed by atoms with van der Waals surface area (Å²) in [6.45, 7) is 3.16. The maximum atomic E-state index is 11.8. The van der Waals surface area contributed by atoms with Gasteiger partial charge in [-0.15, -0.1) is 0 Å². The lowest BCUT2D eigenvalue weighted by Gasteiger charge is -2.13. The molecule has 1 aromatic rings. The second-order valence-corrected chi connectivity index (χ2v) is 6.96. The number of allylic oxidation sites excluding steroid dienone is 2. The molecule has 1 aromatic carbocycles. The highest BCUT2D eigenvalue weighted by Crippen LogP contribution is 2.33. The second-order valence-electron chi connectivity index (χ2n) is 3.95. The number of hydrogen-bond acceptors (Lipinski definition) is 5. The summed E-state index contributed by atoms with van der Waals surface area (Å²) in [7, 11) is 1.76. The third-order valence-electron chi connectivity index (χ3n) is 2.47. The maximum absolute atomic E-state index is 11.8. The number of benzene rings is 1. The van der Waals surface area contributed by atoms with Crippen molar-refractivity contribution in [3.63, 3.8) is 0 Å². The summed E-state index contributed by atoms with van der Waals surface area (Å²) in [5, 5.41) is 3.02. The number of anilines is 1. The summed E-state index contributed by atoms with van der Waals surface area (Å²) in [5.41, 5.74) is 1.79. The van der Waals surface area contributed by atoms with Crippen molar-refractivity contribution >= 4 is 67.4 Å². The molecule has 0 aliphatic rings. The third kappa shape index (κ3) is 4.26. The number of ketones is 1. The zero-order valence-electron chi connectivity index (χ0n) is 11.3. The molecule has 0 aliphatic carbocycles. The first-order chi connectivity index (χ1) is 9.40. The maximum Gasteiger partial charge on any atom is 0.167 e. The Morgan fingerprint density at radius 2 is 2.05 bits per heavy atom. The van der Waals surface area contributed by atoms with E-state index in [1.165, 1.54) is 6.92 Å². The molecule has 0 aliphatic heterocycles. The Morgan fingerprint density at radius 3 is 2.50 bits per heavy atom. The van der Waals surface area contributed by atoms with E-state index in [0.717, 1.165) is 21.9 Å². The third-order valence-corrected chi connectivity index (χ3v) is 4.21. The van der Waals surface area contributed by atoms with E-state index in [2.05, 4.69) is 21.2 Å². The monoisotopic (exact) mass is 371 g/mol. The van der Waals surface area contributed by atoms with Crippen molar-refractivity contribution in [2.45, 2.75) is 13.8 Å². The fraction of sp³-hybridized carbons (Fsp3) is 0.214. The normalized spacial score (nSPS) is 11.6. The van der Waals surface area contributed by atoms with Crippen molar-refractivity contribution in [1.29, 1.82) is 0 Å². The molecule has 6 heteroatoms. The zero-order valence-corrected chi connectivity index (χ0v) is 14.5. The van der Waals surface area contributed by atoms with Crippen LogP contribution in [0.4, 0.5) is 5.69 Å². The van der Waals surface area contributed by atoms with E-state index in [9.17, 15) is 9.59 Å². The minimum absolute atomic E-state index is 0.177. The molecular weight excluding hydrogens is 358 g/mol. The van der Waals surface area contributed by atoms with Crippen molar-refractivity contribution in [3.05, 3.63) is 33.1 Å². The Balaban J connectivity index is 3.57. The summed E-state index contributed by atoms with van der Waals surface area (Å²) >= 11 is 9.55. The van der Waals surface area contributed by atoms with Gasteiger partial charge in [0.1, 0.15) is 0 Å². The van der Waals surface area contributed by atoms with Crippen molar-refractivity contribution in [3.8, 4) is 0 Å². The van der Waals surface area contributed by atoms with Crippen LogP contribution >= 0.6 is 39.9 Å². The molecule has 0 spiro atoms. The molecule has 1 N–H and O–H groups in total. The molecule has 0 aromatic heterocycles. The molecule has 0 radical (unpaired) electrons. The van der Waals surface area contributed by atoms with Gasteiger partial charge in [-0.2, -0.15) is 0 Å². The van der Waals surface area contributed by atoms with Crippen LogP contribution in [0.1, 0.15) is 19.4 Å². The highest BCUT2D eigenvalue weighted by Gasteiger charge is 2.17. The number of hydrogen-bond donors (Lipinski definition) is 1. The van der Waals surface area contributed by atoms with Crippen LogP contribution in [0.25, 0.3) is 5.57 Å². The smallest absolute Gasteiger partial charge is 0.167 e. The van der Waals surface area contributed by atoms with Crippen molar-refractivity contribution < 1.29 is 9.59 Å². The van der Waals surface area contributed by atoms with Gasteiger partial charge in [-0.1, -0.05) is 39.9 Å². The van der Waals surface area contributed by atoms with Gasteiger partial charge in [0.2, 0.25) is 0 Å². The van der Waals surface area contributed by atoms with E-state index in [4.69, 9.17) is 12.2 Å². The van der Waals surface area contributed by atoms with Gasteiger partial charge in [0.25, 0.3) is 0 Å². The molecule has 106 valence electrons. The second kappa shape index (κ2) is 7.71. The largest absolute Gasteiger partial charge is 0.388 e. The number of carbonyl (C=O) groups is 2. The average molecular weight is 372 g/mol. The van der Waals surface area contributed by atoms with Gasteiger partial charge < -0.3 is 5.32 Å². The number of thioether (sulfide) groups is 1. The molecule has 3 nitrogen and oxygen atoms in total. The van der Waals surface area contributed by atoms with E-state index < -0.39 is 0 Å². The summed E-state index contributed by atoms with van der Waals surface area (Å²) < 4.78 is 1.42. The van der Waals surface area contributed by atoms with E-state index >= 15 is 0 Å². The molecule has 0 heterocycles. The van der Waals surface area contributed by atoms with Crippen molar-refractivity contribution in [2.24, 2.45) is 0 Å². The minimum Gasteiger partial charge on any atom is -0.388 e. The zero-order chi connectivity index (χ0) is 15.3. The number of aldehydes is 1. The average Bonchev–Trinajstić information content (AvgIpc) is 2.38. The molecule has 0 saturated carbocycles. The topological polar surface area (TPSA) is 46.2 Å². The minimum atomic E-state index is -0.177. The highest BCUT2D eigenvalue weighted by molar-refractivity contribution is 9.10. The van der Waals surface area contributed by atoms with Crippen LogP contribution in [0.5, 0.6) is 0 Å². The summed E-state index contributed by atoms with van der Waals surface area (Å²) in [6, 6.07) is 5.51. The van der Waals surface area contributed by atoms with Gasteiger partial charge >= 0.3 is 0 Å². The standard InChI is InChI=1S/C14H14BrNO2S2/c1-8(18)14(20-9(2)19)12(7-17)11-6-10(15)4-5-13(11)16-3/h4-7,16H,1-3H3/b14-12+. The first kappa shape index (κ1) is 17.1. The lowest BCUT2D eigenvalue weighted by atomic mass is 10.0. The van der Waals surface area contributed by atoms with Gasteiger partial charge in [0.15, 0.2) is 12.1 Å². The molecule has 0 bridgehead atoms. The molecular formula is C14H14BrNO2S2. The molecule has 0 fully saturated rings. The van der Waals surface area contributed by atoms with E-state index in [-0.39, 0.29) is 5.78 Å². The Kier molecular flexibility index (Phi) is 6.58. The van der Waals surface area contributed by atoms with Gasteiger partial charge in [0.05, 0.1) is 4.91 Å². The van der Waals surface area contributed by atoms with Gasteiger partial charge in [-0.25, -0.2) is 0 Å². The first-order valence-corrected chi connectivity index (χ1v) is 7.79. The number of thiocarbonyl (C=S) groups is 1. The molecule has 0 amide bonds. The quantitative estimate of drug-likeness (QED) is 0.480. The van der Waals surface area contributed by atoms with Gasteiger partial charge in [-0.05, 0) is 32.0 Å². The predicted molar refractivity (Wildman–Crippen MR) is 93.2 cm³/mol. The predicted octanol–water partition coefficient (Wildman–Crippen LogP) is 4.07. The summed E-state index contributed by atoms with van der Waals surface area (Å²) in [6.07, 6.45) is 0.699. The van der Waals surface area contributed by atoms with Crippen LogP contribution in [0.3, 0.4) is 0 Å². The molecule has 20 heavy (non-hydrogen) atoms. The summed E-state index contributed by atoms with van der Waals surface area (Å²) in [5.74, 6) is -0.177. The number of halogens is 1. The van der Waals surface area contributed by atoms with E-state index in [1.54, 1.807) is 20.0 Å². The van der Waals surface area contributed by atoms with Crippen LogP contribution in [-0.2, 0) is 9.59 Å². The Morgan fingerprint density at radius 1 is 1.40 bits per heavy atom. The Bertz CT molecular complexity index is 597. The van der Waals surface area contributed by atoms with Crippen molar-refractivity contribution in [2.75, 3.05) is 12.4 Å².